The van der Waals surface area contributed by atoms with Crippen molar-refractivity contribution >= 4 is 11.1 Å². The van der Waals surface area contributed by atoms with E-state index in [1.54, 1.807) is 0 Å². The summed E-state index contributed by atoms with van der Waals surface area (Å²) in [6, 6.07) is 56.6. The third kappa shape index (κ3) is 12.7. The lowest BCUT2D eigenvalue weighted by atomic mass is 9.85. The first-order valence-electron chi connectivity index (χ1n) is 23.9. The maximum absolute atomic E-state index is 4.95. The number of nitrogens with zero attached hydrogens (tertiary/aromatic N) is 2. The van der Waals surface area contributed by atoms with Gasteiger partial charge in [-0.25, -0.2) is 0 Å². The van der Waals surface area contributed by atoms with Gasteiger partial charge in [-0.2, -0.15) is 0 Å². The van der Waals surface area contributed by atoms with Crippen LogP contribution in [0.25, 0.3) is 66.9 Å². The van der Waals surface area contributed by atoms with Gasteiger partial charge >= 0.3 is 0 Å². The summed E-state index contributed by atoms with van der Waals surface area (Å²) in [5, 5.41) is 0. The Hall–Kier alpha value is -7.29. The monoisotopic (exact) mass is 879 g/mol. The van der Waals surface area contributed by atoms with Crippen molar-refractivity contribution in [2.75, 3.05) is 7.05 Å². The van der Waals surface area contributed by atoms with E-state index in [1.807, 2.05) is 64.2 Å². The molecule has 7 aromatic rings. The van der Waals surface area contributed by atoms with Gasteiger partial charge in [0.15, 0.2) is 0 Å². The molecule has 0 radical (unpaired) electrons. The van der Waals surface area contributed by atoms with Crippen LogP contribution in [-0.2, 0) is 0 Å². The zero-order chi connectivity index (χ0) is 48.3. The first-order valence-corrected chi connectivity index (χ1v) is 23.9. The minimum absolute atomic E-state index is 0.291. The average Bonchev–Trinajstić information content (AvgIpc) is 3.38. The standard InChI is InChI=1S/C54H50N2.C7H8.2C2H6/c1-8-46(37(3)4)52-28-17-15-26-50(52)43-33-42(49-25-14-13-24-48(49)41-30-31-54(55-36-41)40-21-19-20-38(5)32-40)34-44(35-43)51-27-16-18-29-53(51)47(9-2)39(6)56(7)45-22-11-10-12-23-45;1-7-5-3-2-4-6-7;2*1-2/h8-22,24-36,45H,1-2,23H2,3-7H3;2-6H,1H3;2*1-2H3/b47-39+;;;. The lowest BCUT2D eigenvalue weighted by molar-refractivity contribution is 0.355. The highest BCUT2D eigenvalue weighted by Gasteiger charge is 2.20. The van der Waals surface area contributed by atoms with Crippen molar-refractivity contribution < 1.29 is 0 Å². The van der Waals surface area contributed by atoms with Gasteiger partial charge in [0.2, 0.25) is 0 Å². The smallest absolute Gasteiger partial charge is 0.0702 e. The zero-order valence-electron chi connectivity index (χ0n) is 41.6. The van der Waals surface area contributed by atoms with Crippen LogP contribution in [0.4, 0.5) is 0 Å². The van der Waals surface area contributed by atoms with E-state index in [9.17, 15) is 0 Å². The molecule has 0 saturated heterocycles. The van der Waals surface area contributed by atoms with Gasteiger partial charge < -0.3 is 4.90 Å². The second-order valence-corrected chi connectivity index (χ2v) is 16.4. The van der Waals surface area contributed by atoms with E-state index < -0.39 is 0 Å². The molecule has 1 atom stereocenters. The number of pyridine rings is 1. The molecule has 0 aliphatic heterocycles. The molecule has 1 aliphatic carbocycles. The van der Waals surface area contributed by atoms with Gasteiger partial charge in [-0.05, 0) is 127 Å². The molecule has 340 valence electrons. The number of hydrogen-bond donors (Lipinski definition) is 0. The Kier molecular flexibility index (Phi) is 19.2. The summed E-state index contributed by atoms with van der Waals surface area (Å²) in [5.74, 6) is 0. The molecule has 1 heterocycles. The molecule has 0 saturated carbocycles. The summed E-state index contributed by atoms with van der Waals surface area (Å²) < 4.78 is 0. The van der Waals surface area contributed by atoms with Gasteiger partial charge in [-0.1, -0.05) is 221 Å². The summed E-state index contributed by atoms with van der Waals surface area (Å²) >= 11 is 0. The van der Waals surface area contributed by atoms with Gasteiger partial charge in [-0.3, -0.25) is 4.98 Å². The third-order valence-corrected chi connectivity index (χ3v) is 11.9. The van der Waals surface area contributed by atoms with Crippen LogP contribution in [0.1, 0.15) is 77.1 Å². The highest BCUT2D eigenvalue weighted by atomic mass is 15.1. The number of aryl methyl sites for hydroxylation is 2. The van der Waals surface area contributed by atoms with Crippen LogP contribution in [-0.4, -0.2) is 23.0 Å². The lowest BCUT2D eigenvalue weighted by Gasteiger charge is -2.30. The fraction of sp³-hybridized carbons (Fsp3) is 0.185. The van der Waals surface area contributed by atoms with Crippen molar-refractivity contribution in [2.24, 2.45) is 0 Å². The van der Waals surface area contributed by atoms with Gasteiger partial charge in [0, 0.05) is 35.6 Å². The van der Waals surface area contributed by atoms with E-state index >= 15 is 0 Å². The average molecular weight is 879 g/mol. The van der Waals surface area contributed by atoms with Crippen molar-refractivity contribution in [1.29, 1.82) is 0 Å². The summed E-state index contributed by atoms with van der Waals surface area (Å²) in [6.45, 7) is 27.3. The first kappa shape index (κ1) is 50.7. The largest absolute Gasteiger partial charge is 0.371 e. The Balaban J connectivity index is 0.000000684. The zero-order valence-corrected chi connectivity index (χ0v) is 41.6. The molecular formula is C65H70N2. The van der Waals surface area contributed by atoms with Gasteiger partial charge in [0.25, 0.3) is 0 Å². The molecule has 0 spiro atoms. The SMILES string of the molecule is C=CC(=C(C)C)c1ccccc1-c1cc(-c2ccccc2/C(C=C)=C(\C)N(C)C2C=CC=CC2)cc(-c2ccccc2-c2ccc(-c3cccc(C)c3)nc2)c1.CC.CC.Cc1ccccc1. The molecule has 1 aliphatic rings. The predicted octanol–water partition coefficient (Wildman–Crippen LogP) is 18.5. The van der Waals surface area contributed by atoms with E-state index in [4.69, 9.17) is 4.98 Å². The number of hydrogen-bond acceptors (Lipinski definition) is 2. The highest BCUT2D eigenvalue weighted by Crippen LogP contribution is 2.42. The molecule has 67 heavy (non-hydrogen) atoms. The first-order chi connectivity index (χ1) is 32.7. The Morgan fingerprint density at radius 1 is 0.522 bits per heavy atom. The minimum Gasteiger partial charge on any atom is -0.371 e. The fourth-order valence-electron chi connectivity index (χ4n) is 8.41. The van der Waals surface area contributed by atoms with Crippen LogP contribution < -0.4 is 0 Å². The van der Waals surface area contributed by atoms with Crippen LogP contribution >= 0.6 is 0 Å². The molecule has 2 nitrogen and oxygen atoms in total. The molecule has 1 aromatic heterocycles. The van der Waals surface area contributed by atoms with E-state index in [0.29, 0.717) is 6.04 Å². The molecule has 1 unspecified atom stereocenters. The maximum Gasteiger partial charge on any atom is 0.0702 e. The fourth-order valence-corrected chi connectivity index (χ4v) is 8.41. The van der Waals surface area contributed by atoms with Crippen molar-refractivity contribution in [1.82, 2.24) is 9.88 Å². The number of rotatable bonds is 11. The van der Waals surface area contributed by atoms with Crippen molar-refractivity contribution in [3.05, 3.63) is 247 Å². The van der Waals surface area contributed by atoms with Gasteiger partial charge in [0.1, 0.15) is 0 Å². The van der Waals surface area contributed by atoms with Crippen LogP contribution in [0, 0.1) is 13.8 Å². The minimum atomic E-state index is 0.291. The summed E-state index contributed by atoms with van der Waals surface area (Å²) in [7, 11) is 2.19. The third-order valence-electron chi connectivity index (χ3n) is 11.9. The molecule has 0 fully saturated rings. The van der Waals surface area contributed by atoms with Crippen molar-refractivity contribution in [3.63, 3.8) is 0 Å². The molecule has 0 N–H and O–H groups in total. The summed E-state index contributed by atoms with van der Waals surface area (Å²) in [5.41, 5.74) is 20.7. The van der Waals surface area contributed by atoms with E-state index in [0.717, 1.165) is 73.3 Å². The normalized spacial score (nSPS) is 12.7. The number of likely N-dealkylation sites (N-methyl/N-ethyl adjacent to an activating group) is 1. The van der Waals surface area contributed by atoms with Crippen molar-refractivity contribution in [3.8, 4) is 55.8 Å². The van der Waals surface area contributed by atoms with Crippen molar-refractivity contribution in [2.45, 2.75) is 74.8 Å². The number of benzene rings is 6. The van der Waals surface area contributed by atoms with Gasteiger partial charge in [-0.15, -0.1) is 0 Å². The Bertz CT molecular complexity index is 2840. The number of aromatic nitrogens is 1. The van der Waals surface area contributed by atoms with E-state index in [1.165, 1.54) is 33.5 Å². The molecule has 0 bridgehead atoms. The topological polar surface area (TPSA) is 16.1 Å². The second kappa shape index (κ2) is 25.4. The summed E-state index contributed by atoms with van der Waals surface area (Å²) in [4.78, 5) is 7.32. The number of allylic oxidation sites excluding steroid dienone is 8. The quantitative estimate of drug-likeness (QED) is 0.120. The van der Waals surface area contributed by atoms with Crippen LogP contribution in [0.2, 0.25) is 0 Å². The Morgan fingerprint density at radius 2 is 1.03 bits per heavy atom. The Labute approximate surface area is 403 Å². The molecular weight excluding hydrogens is 809 g/mol. The van der Waals surface area contributed by atoms with Gasteiger partial charge in [0.05, 0.1) is 11.7 Å². The summed E-state index contributed by atoms with van der Waals surface area (Å²) in [6.07, 6.45) is 15.8. The Morgan fingerprint density at radius 3 is 1.51 bits per heavy atom. The molecule has 6 aromatic carbocycles. The van der Waals surface area contributed by atoms with E-state index in [-0.39, 0.29) is 0 Å². The maximum atomic E-state index is 4.95. The van der Waals surface area contributed by atoms with E-state index in [2.05, 4.69) is 224 Å². The van der Waals surface area contributed by atoms with Crippen LogP contribution in [0.15, 0.2) is 225 Å². The van der Waals surface area contributed by atoms with Crippen LogP contribution in [0.3, 0.4) is 0 Å². The predicted molar refractivity (Wildman–Crippen MR) is 296 cm³/mol. The highest BCUT2D eigenvalue weighted by molar-refractivity contribution is 5.94. The lowest BCUT2D eigenvalue weighted by Crippen LogP contribution is -2.29. The molecule has 2 heteroatoms. The second-order valence-electron chi connectivity index (χ2n) is 16.4. The van der Waals surface area contributed by atoms with Crippen LogP contribution in [0.5, 0.6) is 0 Å². The molecule has 0 amide bonds. The molecule has 8 rings (SSSR count).